The third-order valence-corrected chi connectivity index (χ3v) is 16.4. The van der Waals surface area contributed by atoms with Gasteiger partial charge in [-0.25, -0.2) is 19.6 Å². The molecule has 372 valence electrons. The number of rotatable bonds is 11. The number of aromatic amines is 2. The smallest absolute Gasteiger partial charge is 0.407 e. The number of carbonyl (C=O) groups excluding carboxylic acids is 4. The first-order valence-corrected chi connectivity index (χ1v) is 25.7. The molecule has 2 saturated carbocycles. The molecule has 12 rings (SSSR count). The van der Waals surface area contributed by atoms with Gasteiger partial charge in [-0.15, -0.1) is 0 Å². The number of H-pyrrole nitrogens is 2. The van der Waals surface area contributed by atoms with Crippen LogP contribution in [0.2, 0.25) is 0 Å². The van der Waals surface area contributed by atoms with Gasteiger partial charge in [-0.2, -0.15) is 0 Å². The lowest BCUT2D eigenvalue weighted by atomic mass is 9.95. The number of aromatic nitrogens is 4. The van der Waals surface area contributed by atoms with E-state index in [2.05, 4.69) is 125 Å². The number of hydrogen-bond donors (Lipinski definition) is 4. The maximum atomic E-state index is 14.1. The van der Waals surface area contributed by atoms with E-state index < -0.39 is 24.3 Å². The van der Waals surface area contributed by atoms with Crippen LogP contribution in [-0.2, 0) is 19.1 Å². The summed E-state index contributed by atoms with van der Waals surface area (Å²) in [6.07, 6.45) is 1.44. The number of alkyl carbamates (subject to hydrolysis) is 2. The van der Waals surface area contributed by atoms with Gasteiger partial charge >= 0.3 is 12.2 Å². The first-order valence-electron chi connectivity index (χ1n) is 25.7. The van der Waals surface area contributed by atoms with Gasteiger partial charge in [0.15, 0.2) is 0 Å². The third-order valence-electron chi connectivity index (χ3n) is 16.4. The Morgan fingerprint density at radius 3 is 1.37 bits per heavy atom. The molecule has 2 aromatic heterocycles. The summed E-state index contributed by atoms with van der Waals surface area (Å²) >= 11 is 0. The van der Waals surface area contributed by atoms with Crippen LogP contribution in [0.1, 0.15) is 77.6 Å². The summed E-state index contributed by atoms with van der Waals surface area (Å²) in [6, 6.07) is 37.6. The van der Waals surface area contributed by atoms with Gasteiger partial charge in [0, 0.05) is 12.1 Å². The standard InChI is InChI=1S/C59H60N8O6/c1-29(2)51(64-58(70)72-6)56(68)66-48-26-42(48)27-49(66)54-60-44-18-16-40(24-46(44)62-54)38-14-12-34-20-32(8-10-36(34)22-38)33-9-11-37-23-39(15-13-35(37)21-33)41-17-19-45-47(25-41)63-55(61-45)50-28-43-31(5)53(43)67(50)57(69)52(30(3)4)65-59(71)73-7/h8-25,29-31,42-43,48-53H,26-28H2,1-7H3,(H,60,62)(H,61,63)(H,64,70)(H,65,71)/t31-,42-,43?,48-,49+,50+,51+,52+,53?/m1/s1. The number of amides is 4. The SMILES string of the molecule is COC(=O)N[C@H](C(=O)N1C2C(C[C@H]1c1nc3ccc(-c4ccc5cc(-c6ccc7cc(-c8ccc9nc([C@@H]%10C[C@H]%11C[C@H]%11N%10C(=O)[C@@H](NC(=O)OC)C(C)C)[nH]c9c8)ccc7c6)ccc5c4)cc3[nH]1)[C@H]2C)C(C)C. The number of benzene rings is 6. The zero-order valence-electron chi connectivity index (χ0n) is 42.1. The average Bonchev–Trinajstić information content (AvgIpc) is 3.89. The van der Waals surface area contributed by atoms with E-state index in [1.807, 2.05) is 49.6 Å². The molecule has 2 aliphatic carbocycles. The number of nitrogens with one attached hydrogen (secondary N) is 4. The lowest BCUT2D eigenvalue weighted by Gasteiger charge is -2.32. The van der Waals surface area contributed by atoms with Crippen LogP contribution < -0.4 is 10.6 Å². The Kier molecular flexibility index (Phi) is 11.3. The lowest BCUT2D eigenvalue weighted by molar-refractivity contribution is -0.137. The molecule has 14 nitrogen and oxygen atoms in total. The van der Waals surface area contributed by atoms with Crippen molar-refractivity contribution in [3.63, 3.8) is 0 Å². The monoisotopic (exact) mass is 976 g/mol. The van der Waals surface area contributed by atoms with Crippen LogP contribution in [0.25, 0.3) is 77.0 Å². The molecule has 0 bridgehead atoms. The van der Waals surface area contributed by atoms with Gasteiger partial charge < -0.3 is 39.9 Å². The Labute approximate surface area is 423 Å². The molecule has 73 heavy (non-hydrogen) atoms. The molecule has 14 heteroatoms. The molecule has 4 fully saturated rings. The fourth-order valence-electron chi connectivity index (χ4n) is 12.1. The quantitative estimate of drug-likeness (QED) is 0.0990. The summed E-state index contributed by atoms with van der Waals surface area (Å²) in [5.41, 5.74) is 10.2. The molecular weight excluding hydrogens is 917 g/mol. The van der Waals surface area contributed by atoms with Gasteiger partial charge in [-0.1, -0.05) is 95.3 Å². The highest BCUT2D eigenvalue weighted by molar-refractivity contribution is 5.96. The summed E-state index contributed by atoms with van der Waals surface area (Å²) in [5, 5.41) is 10.1. The topological polar surface area (TPSA) is 175 Å². The number of imidazole rings is 2. The highest BCUT2D eigenvalue weighted by Crippen LogP contribution is 2.58. The minimum Gasteiger partial charge on any atom is -0.453 e. The Morgan fingerprint density at radius 2 is 0.945 bits per heavy atom. The Bertz CT molecular complexity index is 3540. The summed E-state index contributed by atoms with van der Waals surface area (Å²) in [6.45, 7) is 9.93. The Balaban J connectivity index is 0.749. The highest BCUT2D eigenvalue weighted by Gasteiger charge is 2.62. The average molecular weight is 977 g/mol. The molecule has 0 radical (unpaired) electrons. The molecule has 2 aliphatic heterocycles. The molecule has 4 aliphatic rings. The minimum absolute atomic E-state index is 0.0908. The van der Waals surface area contributed by atoms with E-state index in [1.54, 1.807) is 0 Å². The maximum absolute atomic E-state index is 14.1. The number of fused-ring (bicyclic) bond motifs is 6. The van der Waals surface area contributed by atoms with Gasteiger partial charge in [0.1, 0.15) is 23.7 Å². The molecule has 6 aromatic carbocycles. The van der Waals surface area contributed by atoms with Gasteiger partial charge in [0.25, 0.3) is 0 Å². The molecule has 2 saturated heterocycles. The highest BCUT2D eigenvalue weighted by atomic mass is 16.5. The molecule has 2 unspecified atom stereocenters. The lowest BCUT2D eigenvalue weighted by Crippen LogP contribution is -2.52. The zero-order valence-corrected chi connectivity index (χ0v) is 42.1. The number of carbonyl (C=O) groups is 4. The number of nitrogens with zero attached hydrogens (tertiary/aromatic N) is 4. The fourth-order valence-corrected chi connectivity index (χ4v) is 12.1. The van der Waals surface area contributed by atoms with Crippen molar-refractivity contribution in [2.24, 2.45) is 29.6 Å². The van der Waals surface area contributed by atoms with Crippen LogP contribution in [0.15, 0.2) is 109 Å². The molecule has 8 aromatic rings. The molecule has 4 N–H and O–H groups in total. The zero-order chi connectivity index (χ0) is 50.6. The second-order valence-corrected chi connectivity index (χ2v) is 21.5. The van der Waals surface area contributed by atoms with Crippen LogP contribution in [0.3, 0.4) is 0 Å². The Morgan fingerprint density at radius 1 is 0.548 bits per heavy atom. The summed E-state index contributed by atoms with van der Waals surface area (Å²) in [5.74, 6) is 2.42. The van der Waals surface area contributed by atoms with Crippen LogP contribution in [0.5, 0.6) is 0 Å². The number of ether oxygens (including phenoxy) is 2. The molecule has 4 amide bonds. The van der Waals surface area contributed by atoms with Crippen molar-refractivity contribution >= 4 is 67.6 Å². The van der Waals surface area contributed by atoms with Crippen molar-refractivity contribution in [1.29, 1.82) is 0 Å². The van der Waals surface area contributed by atoms with Crippen molar-refractivity contribution < 1.29 is 28.7 Å². The van der Waals surface area contributed by atoms with E-state index in [0.717, 1.165) is 108 Å². The van der Waals surface area contributed by atoms with E-state index in [-0.39, 0.29) is 47.8 Å². The fraction of sp³-hybridized carbons (Fsp3) is 0.356. The minimum atomic E-state index is -0.691. The van der Waals surface area contributed by atoms with Crippen LogP contribution in [0, 0.1) is 29.6 Å². The van der Waals surface area contributed by atoms with Gasteiger partial charge in [-0.3, -0.25) is 9.59 Å². The second-order valence-electron chi connectivity index (χ2n) is 21.5. The number of methoxy groups -OCH3 is 2. The number of hydrogen-bond acceptors (Lipinski definition) is 8. The first-order chi connectivity index (χ1) is 35.2. The molecule has 4 heterocycles. The van der Waals surface area contributed by atoms with E-state index in [9.17, 15) is 19.2 Å². The second kappa shape index (κ2) is 17.8. The van der Waals surface area contributed by atoms with Crippen molar-refractivity contribution in [3.8, 4) is 33.4 Å². The van der Waals surface area contributed by atoms with Gasteiger partial charge in [0.05, 0.1) is 48.4 Å². The van der Waals surface area contributed by atoms with Crippen LogP contribution >= 0.6 is 0 Å². The molecule has 9 atom stereocenters. The van der Waals surface area contributed by atoms with Gasteiger partial charge in [0.2, 0.25) is 11.8 Å². The summed E-state index contributed by atoms with van der Waals surface area (Å²) in [4.78, 5) is 73.5. The van der Waals surface area contributed by atoms with E-state index in [0.29, 0.717) is 17.8 Å². The predicted molar refractivity (Wildman–Crippen MR) is 282 cm³/mol. The Hall–Kier alpha value is -7.74. The third kappa shape index (κ3) is 8.20. The predicted octanol–water partition coefficient (Wildman–Crippen LogP) is 11.1. The number of likely N-dealkylation sites (tertiary alicyclic amines) is 2. The number of piperidine rings is 2. The van der Waals surface area contributed by atoms with E-state index in [4.69, 9.17) is 19.4 Å². The molecule has 0 spiro atoms. The van der Waals surface area contributed by atoms with Crippen LogP contribution in [-0.4, -0.2) is 92.1 Å². The summed E-state index contributed by atoms with van der Waals surface area (Å²) < 4.78 is 9.70. The van der Waals surface area contributed by atoms with Crippen molar-refractivity contribution in [1.82, 2.24) is 40.4 Å². The first kappa shape index (κ1) is 46.3. The van der Waals surface area contributed by atoms with Crippen molar-refractivity contribution in [3.05, 3.63) is 121 Å². The van der Waals surface area contributed by atoms with Crippen LogP contribution in [0.4, 0.5) is 9.59 Å². The van der Waals surface area contributed by atoms with Gasteiger partial charge in [-0.05, 0) is 152 Å². The van der Waals surface area contributed by atoms with E-state index in [1.165, 1.54) is 14.2 Å². The maximum Gasteiger partial charge on any atom is 0.407 e. The summed E-state index contributed by atoms with van der Waals surface area (Å²) in [7, 11) is 2.63. The van der Waals surface area contributed by atoms with E-state index >= 15 is 0 Å². The molecular formula is C59H60N8O6. The largest absolute Gasteiger partial charge is 0.453 e. The normalized spacial score (nSPS) is 22.7. The van der Waals surface area contributed by atoms with Crippen molar-refractivity contribution in [2.75, 3.05) is 14.2 Å². The van der Waals surface area contributed by atoms with Crippen molar-refractivity contribution in [2.45, 2.75) is 90.1 Å².